The van der Waals surface area contributed by atoms with Crippen LogP contribution in [-0.2, 0) is 14.1 Å². The molecule has 20 heavy (non-hydrogen) atoms. The normalized spacial score (nSPS) is 21.8. The number of rotatable bonds is 3. The highest BCUT2D eigenvalue weighted by Crippen LogP contribution is 2.36. The van der Waals surface area contributed by atoms with Crippen molar-refractivity contribution in [1.29, 1.82) is 0 Å². The van der Waals surface area contributed by atoms with Crippen LogP contribution in [0.5, 0.6) is 0 Å². The quantitative estimate of drug-likeness (QED) is 0.808. The number of carbonyl (C=O) groups is 1. The summed E-state index contributed by atoms with van der Waals surface area (Å²) in [5.41, 5.74) is 5.96. The van der Waals surface area contributed by atoms with Gasteiger partial charge in [-0.3, -0.25) is 4.79 Å². The summed E-state index contributed by atoms with van der Waals surface area (Å²) in [6.45, 7) is 7.80. The molecule has 3 N–H and O–H groups in total. The molecule has 1 aliphatic rings. The molecule has 1 aliphatic heterocycles. The van der Waals surface area contributed by atoms with Gasteiger partial charge < -0.3 is 20.1 Å². The summed E-state index contributed by atoms with van der Waals surface area (Å²) < 4.78 is 11.9. The fourth-order valence-corrected chi connectivity index (χ4v) is 2.11. The molecule has 6 heteroatoms. The van der Waals surface area contributed by atoms with E-state index in [0.717, 1.165) is 0 Å². The van der Waals surface area contributed by atoms with E-state index < -0.39 is 30.3 Å². The lowest BCUT2D eigenvalue weighted by Crippen LogP contribution is -2.41. The summed E-state index contributed by atoms with van der Waals surface area (Å²) in [6.07, 6.45) is 0. The zero-order valence-electron chi connectivity index (χ0n) is 12.2. The molecule has 1 fully saturated rings. The van der Waals surface area contributed by atoms with Gasteiger partial charge in [-0.2, -0.15) is 0 Å². The Morgan fingerprint density at radius 2 is 1.70 bits per heavy atom. The molecule has 2 rings (SSSR count). The topological polar surface area (TPSA) is 81.8 Å². The maximum absolute atomic E-state index is 11.1. The molecule has 0 radical (unpaired) electrons. The lowest BCUT2D eigenvalue weighted by Gasteiger charge is -2.32. The van der Waals surface area contributed by atoms with Crippen LogP contribution in [-0.4, -0.2) is 29.4 Å². The number of carboxylic acids is 1. The fourth-order valence-electron chi connectivity index (χ4n) is 2.11. The molecule has 108 valence electrons. The first-order valence-electron chi connectivity index (χ1n) is 6.58. The van der Waals surface area contributed by atoms with E-state index >= 15 is 0 Å². The number of hydrogen-bond donors (Lipinski definition) is 2. The summed E-state index contributed by atoms with van der Waals surface area (Å²) in [5.74, 6) is -1.08. The monoisotopic (exact) mass is 277 g/mol. The summed E-state index contributed by atoms with van der Waals surface area (Å²) >= 11 is 0. The van der Waals surface area contributed by atoms with E-state index in [2.05, 4.69) is 0 Å². The van der Waals surface area contributed by atoms with Gasteiger partial charge in [0.05, 0.1) is 11.2 Å². The van der Waals surface area contributed by atoms with Crippen LogP contribution in [0.4, 0.5) is 0 Å². The van der Waals surface area contributed by atoms with Crippen LogP contribution in [0.3, 0.4) is 0 Å². The predicted molar refractivity (Wildman–Crippen MR) is 76.7 cm³/mol. The van der Waals surface area contributed by atoms with Crippen molar-refractivity contribution >= 4 is 18.6 Å². The molecule has 0 spiro atoms. The summed E-state index contributed by atoms with van der Waals surface area (Å²) in [6, 6.07) is 5.97. The zero-order chi connectivity index (χ0) is 15.1. The Morgan fingerprint density at radius 1 is 1.20 bits per heavy atom. The van der Waals surface area contributed by atoms with Crippen LogP contribution in [0, 0.1) is 0 Å². The van der Waals surface area contributed by atoms with Crippen LogP contribution in [0.2, 0.25) is 0 Å². The molecule has 5 nitrogen and oxygen atoms in total. The lowest BCUT2D eigenvalue weighted by molar-refractivity contribution is -0.138. The van der Waals surface area contributed by atoms with E-state index in [1.807, 2.05) is 33.8 Å². The second-order valence-electron chi connectivity index (χ2n) is 6.03. The number of benzene rings is 1. The smallest absolute Gasteiger partial charge is 0.480 e. The summed E-state index contributed by atoms with van der Waals surface area (Å²) in [4.78, 5) is 11.1. The van der Waals surface area contributed by atoms with Crippen molar-refractivity contribution < 1.29 is 19.2 Å². The maximum atomic E-state index is 11.1. The largest absolute Gasteiger partial charge is 0.495 e. The third kappa shape index (κ3) is 2.46. The summed E-state index contributed by atoms with van der Waals surface area (Å²) in [7, 11) is -0.610. The standard InChI is InChI=1S/C14H20BNO4/c1-13(2)14(3,4)20-15(19-13)10-8-6-5-7-9(10)11(16)12(17)18/h5-8,11H,16H2,1-4H3,(H,17,18)/t11-/m1/s1. The molecule has 1 saturated heterocycles. The minimum Gasteiger partial charge on any atom is -0.480 e. The van der Waals surface area contributed by atoms with Gasteiger partial charge in [-0.15, -0.1) is 0 Å². The third-order valence-corrected chi connectivity index (χ3v) is 4.10. The molecular formula is C14H20BNO4. The highest BCUT2D eigenvalue weighted by Gasteiger charge is 2.52. The second-order valence-corrected chi connectivity index (χ2v) is 6.03. The van der Waals surface area contributed by atoms with E-state index in [9.17, 15) is 4.79 Å². The number of nitrogens with two attached hydrogens (primary N) is 1. The molecule has 0 unspecified atom stereocenters. The van der Waals surface area contributed by atoms with Gasteiger partial charge in [0.15, 0.2) is 0 Å². The maximum Gasteiger partial charge on any atom is 0.495 e. The Kier molecular flexibility index (Phi) is 3.66. The molecule has 1 atom stereocenters. The van der Waals surface area contributed by atoms with E-state index in [1.54, 1.807) is 18.2 Å². The van der Waals surface area contributed by atoms with Crippen molar-refractivity contribution in [1.82, 2.24) is 0 Å². The van der Waals surface area contributed by atoms with Crippen molar-refractivity contribution in [3.63, 3.8) is 0 Å². The molecule has 0 aliphatic carbocycles. The van der Waals surface area contributed by atoms with Crippen molar-refractivity contribution in [2.75, 3.05) is 0 Å². The first-order chi connectivity index (χ1) is 9.16. The minimum atomic E-state index is -1.09. The van der Waals surface area contributed by atoms with Gasteiger partial charge in [0.1, 0.15) is 6.04 Å². The van der Waals surface area contributed by atoms with E-state index in [4.69, 9.17) is 20.1 Å². The Bertz CT molecular complexity index is 514. The van der Waals surface area contributed by atoms with Gasteiger partial charge in [-0.25, -0.2) is 0 Å². The van der Waals surface area contributed by atoms with Gasteiger partial charge in [0, 0.05) is 0 Å². The highest BCUT2D eigenvalue weighted by molar-refractivity contribution is 6.62. The van der Waals surface area contributed by atoms with Gasteiger partial charge in [0.25, 0.3) is 0 Å². The minimum absolute atomic E-state index is 0.474. The predicted octanol–water partition coefficient (Wildman–Crippen LogP) is 1.07. The molecule has 0 aromatic heterocycles. The molecule has 1 heterocycles. The number of hydrogen-bond acceptors (Lipinski definition) is 4. The fraction of sp³-hybridized carbons (Fsp3) is 0.500. The van der Waals surface area contributed by atoms with Crippen molar-refractivity contribution in [2.45, 2.75) is 44.9 Å². The van der Waals surface area contributed by atoms with Crippen LogP contribution in [0.25, 0.3) is 0 Å². The van der Waals surface area contributed by atoms with E-state index in [0.29, 0.717) is 11.0 Å². The summed E-state index contributed by atoms with van der Waals surface area (Å²) in [5, 5.41) is 9.10. The van der Waals surface area contributed by atoms with E-state index in [1.165, 1.54) is 0 Å². The number of aliphatic carboxylic acids is 1. The van der Waals surface area contributed by atoms with Crippen LogP contribution in [0.1, 0.15) is 39.3 Å². The Morgan fingerprint density at radius 3 is 2.20 bits per heavy atom. The Balaban J connectivity index is 2.38. The SMILES string of the molecule is CC1(C)OB(c2ccccc2[C@@H](N)C(=O)O)OC1(C)C. The molecule has 1 aromatic carbocycles. The average Bonchev–Trinajstić information content (AvgIpc) is 2.57. The highest BCUT2D eigenvalue weighted by atomic mass is 16.7. The van der Waals surface area contributed by atoms with Crippen LogP contribution in [0.15, 0.2) is 24.3 Å². The van der Waals surface area contributed by atoms with Crippen LogP contribution < -0.4 is 11.2 Å². The Labute approximate surface area is 119 Å². The average molecular weight is 277 g/mol. The lowest BCUT2D eigenvalue weighted by atomic mass is 9.74. The Hall–Kier alpha value is -1.37. The number of carboxylic acid groups (broad SMARTS) is 1. The van der Waals surface area contributed by atoms with Crippen molar-refractivity contribution in [3.8, 4) is 0 Å². The molecular weight excluding hydrogens is 257 g/mol. The van der Waals surface area contributed by atoms with Gasteiger partial charge in [-0.05, 0) is 38.7 Å². The van der Waals surface area contributed by atoms with Gasteiger partial charge >= 0.3 is 13.1 Å². The van der Waals surface area contributed by atoms with Crippen LogP contribution >= 0.6 is 0 Å². The third-order valence-electron chi connectivity index (χ3n) is 4.10. The van der Waals surface area contributed by atoms with E-state index in [-0.39, 0.29) is 0 Å². The van der Waals surface area contributed by atoms with Gasteiger partial charge in [-0.1, -0.05) is 24.3 Å². The second kappa shape index (κ2) is 4.88. The zero-order valence-corrected chi connectivity index (χ0v) is 12.2. The first-order valence-corrected chi connectivity index (χ1v) is 6.58. The van der Waals surface area contributed by atoms with Crippen molar-refractivity contribution in [2.24, 2.45) is 5.73 Å². The van der Waals surface area contributed by atoms with Crippen molar-refractivity contribution in [3.05, 3.63) is 29.8 Å². The molecule has 1 aromatic rings. The van der Waals surface area contributed by atoms with Gasteiger partial charge in [0.2, 0.25) is 0 Å². The molecule has 0 amide bonds. The first kappa shape index (κ1) is 15.0. The molecule has 0 saturated carbocycles. The molecule has 0 bridgehead atoms.